The van der Waals surface area contributed by atoms with Crippen LogP contribution in [0.3, 0.4) is 0 Å². The third kappa shape index (κ3) is 4.37. The van der Waals surface area contributed by atoms with E-state index in [1.54, 1.807) is 18.2 Å². The maximum atomic E-state index is 11.9. The summed E-state index contributed by atoms with van der Waals surface area (Å²) < 4.78 is 5.36. The molecule has 1 saturated carbocycles. The Balaban J connectivity index is 1.85. The molecular weight excluding hydrogens is 272 g/mol. The van der Waals surface area contributed by atoms with Crippen LogP contribution in [0.15, 0.2) is 24.3 Å². The van der Waals surface area contributed by atoms with Gasteiger partial charge >= 0.3 is 12.0 Å². The molecule has 1 fully saturated rings. The summed E-state index contributed by atoms with van der Waals surface area (Å²) in [7, 11) is 0. The summed E-state index contributed by atoms with van der Waals surface area (Å²) in [6.45, 7) is 2.46. The topological polar surface area (TPSA) is 87.7 Å². The molecule has 2 rings (SSSR count). The van der Waals surface area contributed by atoms with Crippen LogP contribution in [-0.2, 0) is 4.79 Å². The van der Waals surface area contributed by atoms with Crippen molar-refractivity contribution in [3.8, 4) is 5.75 Å². The Morgan fingerprint density at radius 3 is 2.86 bits per heavy atom. The Bertz CT molecular complexity index is 518. The normalized spacial score (nSPS) is 20.8. The Morgan fingerprint density at radius 1 is 1.38 bits per heavy atom. The summed E-state index contributed by atoms with van der Waals surface area (Å²) >= 11 is 0. The number of carboxylic acid groups (broad SMARTS) is 1. The molecule has 0 unspecified atom stereocenters. The molecule has 0 radical (unpaired) electrons. The number of rotatable bonds is 5. The number of amides is 2. The van der Waals surface area contributed by atoms with Crippen molar-refractivity contribution in [3.63, 3.8) is 0 Å². The second kappa shape index (κ2) is 6.97. The van der Waals surface area contributed by atoms with Crippen molar-refractivity contribution in [1.29, 1.82) is 0 Å². The number of hydrogen-bond donors (Lipinski definition) is 3. The quantitative estimate of drug-likeness (QED) is 0.778. The lowest BCUT2D eigenvalue weighted by Gasteiger charge is -2.14. The van der Waals surface area contributed by atoms with E-state index in [2.05, 4.69) is 10.6 Å². The van der Waals surface area contributed by atoms with Gasteiger partial charge in [-0.3, -0.25) is 4.79 Å². The molecule has 6 nitrogen and oxygen atoms in total. The lowest BCUT2D eigenvalue weighted by atomic mass is 10.1. The molecule has 3 N–H and O–H groups in total. The van der Waals surface area contributed by atoms with Crippen molar-refractivity contribution in [3.05, 3.63) is 24.3 Å². The number of ether oxygens (including phenoxy) is 1. The fourth-order valence-corrected chi connectivity index (χ4v) is 2.52. The molecule has 0 bridgehead atoms. The molecule has 114 valence electrons. The first-order valence-electron chi connectivity index (χ1n) is 7.11. The first kappa shape index (κ1) is 15.2. The van der Waals surface area contributed by atoms with Crippen molar-refractivity contribution in [2.45, 2.75) is 32.2 Å². The average molecular weight is 292 g/mol. The van der Waals surface area contributed by atoms with Crippen molar-refractivity contribution in [2.75, 3.05) is 11.9 Å². The molecule has 0 aromatic heterocycles. The van der Waals surface area contributed by atoms with Gasteiger partial charge in [0.2, 0.25) is 0 Å². The van der Waals surface area contributed by atoms with Crippen LogP contribution in [0.4, 0.5) is 10.5 Å². The van der Waals surface area contributed by atoms with E-state index in [1.807, 2.05) is 13.0 Å². The monoisotopic (exact) mass is 292 g/mol. The molecular formula is C15H20N2O4. The molecule has 0 spiro atoms. The van der Waals surface area contributed by atoms with Crippen LogP contribution in [0.5, 0.6) is 5.75 Å². The van der Waals surface area contributed by atoms with Crippen molar-refractivity contribution >= 4 is 17.7 Å². The van der Waals surface area contributed by atoms with Gasteiger partial charge in [-0.25, -0.2) is 4.79 Å². The van der Waals surface area contributed by atoms with E-state index in [1.165, 1.54) is 0 Å². The Kier molecular flexibility index (Phi) is 5.03. The minimum Gasteiger partial charge on any atom is -0.494 e. The first-order chi connectivity index (χ1) is 10.1. The van der Waals surface area contributed by atoms with Gasteiger partial charge in [-0.2, -0.15) is 0 Å². The Hall–Kier alpha value is -2.24. The van der Waals surface area contributed by atoms with Gasteiger partial charge in [0, 0.05) is 17.8 Å². The van der Waals surface area contributed by atoms with Crippen LogP contribution in [0.25, 0.3) is 0 Å². The van der Waals surface area contributed by atoms with Gasteiger partial charge in [0.1, 0.15) is 5.75 Å². The Morgan fingerprint density at radius 2 is 2.19 bits per heavy atom. The third-order valence-corrected chi connectivity index (χ3v) is 3.52. The molecule has 0 aliphatic heterocycles. The minimum absolute atomic E-state index is 0.0822. The number of nitrogens with one attached hydrogen (secondary N) is 2. The molecule has 1 aliphatic carbocycles. The Labute approximate surface area is 123 Å². The maximum Gasteiger partial charge on any atom is 0.319 e. The molecule has 1 aromatic rings. The van der Waals surface area contributed by atoms with Crippen LogP contribution in [-0.4, -0.2) is 29.8 Å². The number of aliphatic carboxylic acids is 1. The summed E-state index contributed by atoms with van der Waals surface area (Å²) in [6.07, 6.45) is 1.80. The van der Waals surface area contributed by atoms with E-state index in [0.29, 0.717) is 37.3 Å². The number of hydrogen-bond acceptors (Lipinski definition) is 3. The predicted octanol–water partition coefficient (Wildman–Crippen LogP) is 2.46. The lowest BCUT2D eigenvalue weighted by Crippen LogP contribution is -2.36. The molecule has 0 heterocycles. The van der Waals surface area contributed by atoms with Gasteiger partial charge < -0.3 is 20.5 Å². The van der Waals surface area contributed by atoms with Crippen molar-refractivity contribution in [2.24, 2.45) is 5.92 Å². The highest BCUT2D eigenvalue weighted by atomic mass is 16.5. The highest BCUT2D eigenvalue weighted by Gasteiger charge is 2.30. The van der Waals surface area contributed by atoms with Gasteiger partial charge in [-0.05, 0) is 38.3 Å². The summed E-state index contributed by atoms with van der Waals surface area (Å²) in [5, 5.41) is 14.5. The van der Waals surface area contributed by atoms with E-state index in [9.17, 15) is 9.59 Å². The second-order valence-corrected chi connectivity index (χ2v) is 5.10. The summed E-state index contributed by atoms with van der Waals surface area (Å²) in [5.41, 5.74) is 0.645. The third-order valence-electron chi connectivity index (χ3n) is 3.52. The van der Waals surface area contributed by atoms with Gasteiger partial charge in [-0.1, -0.05) is 6.07 Å². The van der Waals surface area contributed by atoms with Gasteiger partial charge in [0.05, 0.1) is 12.5 Å². The number of urea groups is 1. The van der Waals surface area contributed by atoms with E-state index in [-0.39, 0.29) is 18.0 Å². The van der Waals surface area contributed by atoms with E-state index >= 15 is 0 Å². The summed E-state index contributed by atoms with van der Waals surface area (Å²) in [4.78, 5) is 22.8. The maximum absolute atomic E-state index is 11.9. The first-order valence-corrected chi connectivity index (χ1v) is 7.11. The fourth-order valence-electron chi connectivity index (χ4n) is 2.52. The zero-order valence-electron chi connectivity index (χ0n) is 12.0. The number of benzene rings is 1. The minimum atomic E-state index is -0.788. The fraction of sp³-hybridized carbons (Fsp3) is 0.467. The zero-order chi connectivity index (χ0) is 15.2. The molecule has 21 heavy (non-hydrogen) atoms. The van der Waals surface area contributed by atoms with Crippen molar-refractivity contribution in [1.82, 2.24) is 5.32 Å². The average Bonchev–Trinajstić information content (AvgIpc) is 2.88. The van der Waals surface area contributed by atoms with Crippen LogP contribution in [0, 0.1) is 5.92 Å². The van der Waals surface area contributed by atoms with Crippen LogP contribution in [0.2, 0.25) is 0 Å². The van der Waals surface area contributed by atoms with E-state index in [0.717, 1.165) is 0 Å². The SMILES string of the molecule is CCOc1cccc(NC(=O)N[C@H]2CC[C@@H](C(=O)O)C2)c1. The number of anilines is 1. The number of carboxylic acids is 1. The van der Waals surface area contributed by atoms with Crippen LogP contribution in [0.1, 0.15) is 26.2 Å². The lowest BCUT2D eigenvalue weighted by molar-refractivity contribution is -0.141. The predicted molar refractivity (Wildman–Crippen MR) is 78.5 cm³/mol. The van der Waals surface area contributed by atoms with Crippen LogP contribution >= 0.6 is 0 Å². The molecule has 2 amide bonds. The molecule has 0 saturated heterocycles. The summed E-state index contributed by atoms with van der Waals surface area (Å²) in [6, 6.07) is 6.74. The molecule has 1 aliphatic rings. The molecule has 2 atom stereocenters. The van der Waals surface area contributed by atoms with Gasteiger partial charge in [0.15, 0.2) is 0 Å². The molecule has 6 heteroatoms. The van der Waals surface area contributed by atoms with Gasteiger partial charge in [-0.15, -0.1) is 0 Å². The summed E-state index contributed by atoms with van der Waals surface area (Å²) in [5.74, 6) is -0.442. The van der Waals surface area contributed by atoms with Crippen molar-refractivity contribution < 1.29 is 19.4 Å². The molecule has 1 aromatic carbocycles. The second-order valence-electron chi connectivity index (χ2n) is 5.10. The van der Waals surface area contributed by atoms with Crippen LogP contribution < -0.4 is 15.4 Å². The largest absolute Gasteiger partial charge is 0.494 e. The smallest absolute Gasteiger partial charge is 0.319 e. The number of carbonyl (C=O) groups excluding carboxylic acids is 1. The highest BCUT2D eigenvalue weighted by Crippen LogP contribution is 2.25. The highest BCUT2D eigenvalue weighted by molar-refractivity contribution is 5.89. The van der Waals surface area contributed by atoms with E-state index in [4.69, 9.17) is 9.84 Å². The standard InChI is InChI=1S/C15H20N2O4/c1-2-21-13-5-3-4-11(9-13)16-15(20)17-12-7-6-10(8-12)14(18)19/h3-5,9-10,12H,2,6-8H2,1H3,(H,18,19)(H2,16,17,20)/t10-,12+/m1/s1. The number of carbonyl (C=O) groups is 2. The van der Waals surface area contributed by atoms with E-state index < -0.39 is 5.97 Å². The van der Waals surface area contributed by atoms with Gasteiger partial charge in [0.25, 0.3) is 0 Å². The zero-order valence-corrected chi connectivity index (χ0v) is 12.0.